The van der Waals surface area contributed by atoms with Crippen LogP contribution in [0.1, 0.15) is 6.92 Å². The summed E-state index contributed by atoms with van der Waals surface area (Å²) >= 11 is 11.9. The van der Waals surface area contributed by atoms with Gasteiger partial charge in [0.15, 0.2) is 0 Å². The number of carbonyl (C=O) groups is 1. The second-order valence-corrected chi connectivity index (χ2v) is 5.77. The lowest BCUT2D eigenvalue weighted by Crippen LogP contribution is -2.33. The van der Waals surface area contributed by atoms with Crippen molar-refractivity contribution < 1.29 is 4.79 Å². The number of hydrogen-bond acceptors (Lipinski definition) is 3. The van der Waals surface area contributed by atoms with Crippen molar-refractivity contribution in [1.29, 1.82) is 0 Å². The van der Waals surface area contributed by atoms with Crippen LogP contribution in [0.5, 0.6) is 0 Å². The van der Waals surface area contributed by atoms with Gasteiger partial charge >= 0.3 is 0 Å². The lowest BCUT2D eigenvalue weighted by molar-refractivity contribution is -0.117. The topological polar surface area (TPSA) is 58.4 Å². The van der Waals surface area contributed by atoms with E-state index in [0.29, 0.717) is 28.2 Å². The van der Waals surface area contributed by atoms with Gasteiger partial charge in [-0.25, -0.2) is 0 Å². The summed E-state index contributed by atoms with van der Waals surface area (Å²) in [4.78, 5) is 14.0. The van der Waals surface area contributed by atoms with Gasteiger partial charge in [0, 0.05) is 19.1 Å². The van der Waals surface area contributed by atoms with Crippen molar-refractivity contribution in [3.63, 3.8) is 0 Å². The standard InChI is InChI=1S/C13H17Cl2N3O/c1-8-5-18(6-10(8)16)7-12(19)17-11-4-2-3-9(14)13(11)15/h2-4,8,10H,5-7,16H2,1H3,(H,17,19). The van der Waals surface area contributed by atoms with Gasteiger partial charge in [0.2, 0.25) is 5.91 Å². The zero-order valence-corrected chi connectivity index (χ0v) is 12.2. The summed E-state index contributed by atoms with van der Waals surface area (Å²) in [6, 6.07) is 5.30. The first-order valence-corrected chi connectivity index (χ1v) is 6.94. The molecule has 1 amide bonds. The molecule has 1 aliphatic rings. The van der Waals surface area contributed by atoms with Crippen LogP contribution < -0.4 is 11.1 Å². The second kappa shape index (κ2) is 6.09. The minimum absolute atomic E-state index is 0.106. The monoisotopic (exact) mass is 301 g/mol. The first-order chi connectivity index (χ1) is 8.97. The van der Waals surface area contributed by atoms with E-state index in [2.05, 4.69) is 12.2 Å². The van der Waals surface area contributed by atoms with Gasteiger partial charge < -0.3 is 11.1 Å². The van der Waals surface area contributed by atoms with E-state index in [4.69, 9.17) is 28.9 Å². The normalized spacial score (nSPS) is 23.6. The van der Waals surface area contributed by atoms with Crippen LogP contribution >= 0.6 is 23.2 Å². The van der Waals surface area contributed by atoms with Gasteiger partial charge in [0.25, 0.3) is 0 Å². The number of hydrogen-bond donors (Lipinski definition) is 2. The highest BCUT2D eigenvalue weighted by Gasteiger charge is 2.27. The van der Waals surface area contributed by atoms with E-state index in [1.807, 2.05) is 4.90 Å². The highest BCUT2D eigenvalue weighted by molar-refractivity contribution is 6.43. The largest absolute Gasteiger partial charge is 0.326 e. The zero-order chi connectivity index (χ0) is 14.0. The highest BCUT2D eigenvalue weighted by atomic mass is 35.5. The average Bonchev–Trinajstić information content (AvgIpc) is 2.64. The third-order valence-corrected chi connectivity index (χ3v) is 4.16. The zero-order valence-electron chi connectivity index (χ0n) is 10.7. The Morgan fingerprint density at radius 2 is 2.21 bits per heavy atom. The molecule has 104 valence electrons. The van der Waals surface area contributed by atoms with E-state index >= 15 is 0 Å². The van der Waals surface area contributed by atoms with Gasteiger partial charge in [-0.1, -0.05) is 36.2 Å². The number of likely N-dealkylation sites (tertiary alicyclic amines) is 1. The molecule has 3 N–H and O–H groups in total. The Morgan fingerprint density at radius 1 is 1.47 bits per heavy atom. The molecule has 2 unspecified atom stereocenters. The Kier molecular flexibility index (Phi) is 4.68. The second-order valence-electron chi connectivity index (χ2n) is 4.98. The van der Waals surface area contributed by atoms with E-state index in [0.717, 1.165) is 13.1 Å². The number of anilines is 1. The van der Waals surface area contributed by atoms with Gasteiger partial charge in [-0.15, -0.1) is 0 Å². The highest BCUT2D eigenvalue weighted by Crippen LogP contribution is 2.29. The van der Waals surface area contributed by atoms with Crippen LogP contribution in [-0.2, 0) is 4.79 Å². The van der Waals surface area contributed by atoms with Crippen molar-refractivity contribution in [2.45, 2.75) is 13.0 Å². The molecule has 1 aromatic rings. The fraction of sp³-hybridized carbons (Fsp3) is 0.462. The first-order valence-electron chi connectivity index (χ1n) is 6.19. The number of carbonyl (C=O) groups excluding carboxylic acids is 1. The van der Waals surface area contributed by atoms with Crippen molar-refractivity contribution in [3.8, 4) is 0 Å². The maximum atomic E-state index is 11.9. The molecule has 0 aromatic heterocycles. The SMILES string of the molecule is CC1CN(CC(=O)Nc2cccc(Cl)c2Cl)CC1N. The molecule has 1 heterocycles. The number of amides is 1. The van der Waals surface area contributed by atoms with E-state index in [1.54, 1.807) is 18.2 Å². The number of nitrogens with two attached hydrogens (primary N) is 1. The van der Waals surface area contributed by atoms with Crippen LogP contribution in [0.2, 0.25) is 10.0 Å². The molecular weight excluding hydrogens is 285 g/mol. The van der Waals surface area contributed by atoms with Crippen LogP contribution in [0.3, 0.4) is 0 Å². The fourth-order valence-corrected chi connectivity index (χ4v) is 2.57. The van der Waals surface area contributed by atoms with E-state index in [1.165, 1.54) is 0 Å². The smallest absolute Gasteiger partial charge is 0.238 e. The van der Waals surface area contributed by atoms with Crippen molar-refractivity contribution in [2.75, 3.05) is 25.0 Å². The number of halogens is 2. The van der Waals surface area contributed by atoms with Crippen LogP contribution in [0, 0.1) is 5.92 Å². The van der Waals surface area contributed by atoms with Gasteiger partial charge in [0.05, 0.1) is 22.3 Å². The molecule has 19 heavy (non-hydrogen) atoms. The molecule has 0 spiro atoms. The molecule has 0 saturated carbocycles. The van der Waals surface area contributed by atoms with Gasteiger partial charge in [0.1, 0.15) is 0 Å². The molecule has 6 heteroatoms. The Morgan fingerprint density at radius 3 is 2.84 bits per heavy atom. The molecule has 0 radical (unpaired) electrons. The summed E-state index contributed by atoms with van der Waals surface area (Å²) in [5, 5.41) is 3.56. The number of benzene rings is 1. The fourth-order valence-electron chi connectivity index (χ4n) is 2.22. The number of nitrogens with zero attached hydrogens (tertiary/aromatic N) is 1. The summed E-state index contributed by atoms with van der Waals surface area (Å²) in [7, 11) is 0. The number of nitrogens with one attached hydrogen (secondary N) is 1. The maximum absolute atomic E-state index is 11.9. The Labute approximate surface area is 122 Å². The Balaban J connectivity index is 1.93. The van der Waals surface area contributed by atoms with E-state index in [9.17, 15) is 4.79 Å². The molecule has 1 aliphatic heterocycles. The van der Waals surface area contributed by atoms with Crippen molar-refractivity contribution in [1.82, 2.24) is 4.90 Å². The van der Waals surface area contributed by atoms with E-state index < -0.39 is 0 Å². The van der Waals surface area contributed by atoms with Crippen LogP contribution in [0.4, 0.5) is 5.69 Å². The summed E-state index contributed by atoms with van der Waals surface area (Å²) in [6.45, 7) is 4.01. The summed E-state index contributed by atoms with van der Waals surface area (Å²) in [5.41, 5.74) is 6.47. The molecule has 1 saturated heterocycles. The summed E-state index contributed by atoms with van der Waals surface area (Å²) in [5.74, 6) is 0.313. The van der Waals surface area contributed by atoms with Crippen LogP contribution in [0.15, 0.2) is 18.2 Å². The van der Waals surface area contributed by atoms with E-state index in [-0.39, 0.29) is 11.9 Å². The van der Waals surface area contributed by atoms with Gasteiger partial charge in [-0.2, -0.15) is 0 Å². The summed E-state index contributed by atoms with van der Waals surface area (Å²) in [6.07, 6.45) is 0. The third-order valence-electron chi connectivity index (χ3n) is 3.34. The predicted molar refractivity (Wildman–Crippen MR) is 78.7 cm³/mol. The lowest BCUT2D eigenvalue weighted by atomic mass is 10.1. The molecule has 0 bridgehead atoms. The van der Waals surface area contributed by atoms with Gasteiger partial charge in [-0.3, -0.25) is 9.69 Å². The van der Waals surface area contributed by atoms with Crippen LogP contribution in [-0.4, -0.2) is 36.5 Å². The predicted octanol–water partition coefficient (Wildman–Crippen LogP) is 2.21. The van der Waals surface area contributed by atoms with Crippen molar-refractivity contribution in [2.24, 2.45) is 11.7 Å². The molecule has 1 fully saturated rings. The maximum Gasteiger partial charge on any atom is 0.238 e. The third kappa shape index (κ3) is 3.60. The average molecular weight is 302 g/mol. The minimum atomic E-state index is -0.106. The van der Waals surface area contributed by atoms with Gasteiger partial charge in [-0.05, 0) is 18.1 Å². The lowest BCUT2D eigenvalue weighted by Gasteiger charge is -2.15. The van der Waals surface area contributed by atoms with Crippen molar-refractivity contribution in [3.05, 3.63) is 28.2 Å². The van der Waals surface area contributed by atoms with Crippen molar-refractivity contribution >= 4 is 34.8 Å². The Hall–Kier alpha value is -0.810. The molecule has 1 aromatic carbocycles. The first kappa shape index (κ1) is 14.6. The molecule has 0 aliphatic carbocycles. The minimum Gasteiger partial charge on any atom is -0.326 e. The quantitative estimate of drug-likeness (QED) is 0.900. The molecule has 2 atom stereocenters. The Bertz CT molecular complexity index is 471. The summed E-state index contributed by atoms with van der Waals surface area (Å²) < 4.78 is 0. The molecule has 4 nitrogen and oxygen atoms in total. The molecular formula is C13H17Cl2N3O. The molecule has 2 rings (SSSR count). The van der Waals surface area contributed by atoms with Crippen LogP contribution in [0.25, 0.3) is 0 Å². The number of rotatable bonds is 3.